The van der Waals surface area contributed by atoms with Gasteiger partial charge in [0.2, 0.25) is 0 Å². The molecule has 1 heteroatoms. The monoisotopic (exact) mass is 255 g/mol. The van der Waals surface area contributed by atoms with E-state index in [0.717, 1.165) is 23.7 Å². The fraction of sp³-hybridized carbons (Fsp3) is 0.667. The van der Waals surface area contributed by atoms with Crippen LogP contribution in [0.4, 0.5) is 0 Å². The van der Waals surface area contributed by atoms with Gasteiger partial charge in [0.05, 0.1) is 0 Å². The van der Waals surface area contributed by atoms with Crippen LogP contribution in [0.15, 0.2) is 24.3 Å². The minimum absolute atomic E-state index is 0.618. The van der Waals surface area contributed by atoms with Gasteiger partial charge in [-0.2, -0.15) is 0 Å². The molecule has 0 aromatic heterocycles. The van der Waals surface area contributed by atoms with Gasteiger partial charge < -0.3 is 5.32 Å². The van der Waals surface area contributed by atoms with Gasteiger partial charge in [-0.3, -0.25) is 0 Å². The normalized spacial score (nSPS) is 34.7. The molecule has 0 amide bonds. The third kappa shape index (κ3) is 1.86. The Kier molecular flexibility index (Phi) is 2.91. The van der Waals surface area contributed by atoms with Crippen LogP contribution < -0.4 is 5.32 Å². The molecule has 4 rings (SSSR count). The van der Waals surface area contributed by atoms with Crippen LogP contribution >= 0.6 is 0 Å². The first-order chi connectivity index (χ1) is 9.40. The molecule has 0 spiro atoms. The van der Waals surface area contributed by atoms with E-state index in [2.05, 4.69) is 36.6 Å². The number of hydrogen-bond acceptors (Lipinski definition) is 1. The fourth-order valence-corrected chi connectivity index (χ4v) is 4.81. The van der Waals surface area contributed by atoms with Crippen LogP contribution in [0, 0.1) is 17.8 Å². The zero-order valence-electron chi connectivity index (χ0n) is 11.9. The molecule has 3 atom stereocenters. The van der Waals surface area contributed by atoms with Gasteiger partial charge in [0.1, 0.15) is 0 Å². The summed E-state index contributed by atoms with van der Waals surface area (Å²) in [5.74, 6) is 3.85. The number of hydrogen-bond donors (Lipinski definition) is 1. The summed E-state index contributed by atoms with van der Waals surface area (Å²) < 4.78 is 0. The van der Waals surface area contributed by atoms with E-state index in [1.54, 1.807) is 11.1 Å². The SMILES string of the molecule is CNC(c1ccccc1C1CCC1)C1C2CCCC21. The molecule has 19 heavy (non-hydrogen) atoms. The molecular formula is C18H25N. The molecule has 1 aromatic carbocycles. The first-order valence-electron chi connectivity index (χ1n) is 8.16. The highest BCUT2D eigenvalue weighted by atomic mass is 14.9. The lowest BCUT2D eigenvalue weighted by molar-refractivity contribution is 0.399. The minimum Gasteiger partial charge on any atom is -0.313 e. The summed E-state index contributed by atoms with van der Waals surface area (Å²) in [5.41, 5.74) is 3.27. The molecule has 3 unspecified atom stereocenters. The van der Waals surface area contributed by atoms with Crippen molar-refractivity contribution in [3.63, 3.8) is 0 Å². The predicted molar refractivity (Wildman–Crippen MR) is 79.2 cm³/mol. The summed E-state index contributed by atoms with van der Waals surface area (Å²) in [5, 5.41) is 3.65. The van der Waals surface area contributed by atoms with Crippen LogP contribution in [0.3, 0.4) is 0 Å². The van der Waals surface area contributed by atoms with Gasteiger partial charge in [0, 0.05) is 6.04 Å². The minimum atomic E-state index is 0.618. The predicted octanol–water partition coefficient (Wildman–Crippen LogP) is 4.26. The van der Waals surface area contributed by atoms with E-state index < -0.39 is 0 Å². The van der Waals surface area contributed by atoms with Crippen molar-refractivity contribution >= 4 is 0 Å². The maximum Gasteiger partial charge on any atom is 0.0354 e. The van der Waals surface area contributed by atoms with E-state index >= 15 is 0 Å². The third-order valence-electron chi connectivity index (χ3n) is 6.04. The Morgan fingerprint density at radius 1 is 1.00 bits per heavy atom. The average molecular weight is 255 g/mol. The highest BCUT2D eigenvalue weighted by Gasteiger charge is 2.56. The molecule has 3 saturated carbocycles. The average Bonchev–Trinajstić information content (AvgIpc) is 2.84. The van der Waals surface area contributed by atoms with Crippen LogP contribution in [0.1, 0.15) is 61.6 Å². The maximum absolute atomic E-state index is 3.65. The standard InChI is InChI=1S/C18H25N/c1-19-18(17-14-10-5-11-15(14)17)16-9-3-2-8-13(16)12-6-4-7-12/h2-3,8-9,12,14-15,17-19H,4-7,10-11H2,1H3. The molecule has 0 saturated heterocycles. The lowest BCUT2D eigenvalue weighted by atomic mass is 9.76. The third-order valence-corrected chi connectivity index (χ3v) is 6.04. The Morgan fingerprint density at radius 2 is 1.68 bits per heavy atom. The first-order valence-corrected chi connectivity index (χ1v) is 8.16. The summed E-state index contributed by atoms with van der Waals surface area (Å²) in [4.78, 5) is 0. The van der Waals surface area contributed by atoms with Crippen molar-refractivity contribution < 1.29 is 0 Å². The Bertz CT molecular complexity index is 453. The fourth-order valence-electron chi connectivity index (χ4n) is 4.81. The van der Waals surface area contributed by atoms with Crippen LogP contribution in [-0.4, -0.2) is 7.05 Å². The second-order valence-corrected chi connectivity index (χ2v) is 6.86. The highest BCUT2D eigenvalue weighted by molar-refractivity contribution is 5.36. The van der Waals surface area contributed by atoms with E-state index in [1.165, 1.54) is 38.5 Å². The second-order valence-electron chi connectivity index (χ2n) is 6.86. The van der Waals surface area contributed by atoms with E-state index in [4.69, 9.17) is 0 Å². The van der Waals surface area contributed by atoms with Crippen molar-refractivity contribution in [2.24, 2.45) is 17.8 Å². The molecule has 1 nitrogen and oxygen atoms in total. The molecule has 0 heterocycles. The number of fused-ring (bicyclic) bond motifs is 1. The highest BCUT2D eigenvalue weighted by Crippen LogP contribution is 2.62. The number of rotatable bonds is 4. The molecule has 0 aliphatic heterocycles. The van der Waals surface area contributed by atoms with Crippen LogP contribution in [0.2, 0.25) is 0 Å². The Labute approximate surface area is 116 Å². The van der Waals surface area contributed by atoms with Crippen molar-refractivity contribution in [3.8, 4) is 0 Å². The molecule has 3 fully saturated rings. The Balaban J connectivity index is 1.63. The summed E-state index contributed by atoms with van der Waals surface area (Å²) in [6.07, 6.45) is 8.69. The van der Waals surface area contributed by atoms with E-state index in [-0.39, 0.29) is 0 Å². The molecular weight excluding hydrogens is 230 g/mol. The van der Waals surface area contributed by atoms with Crippen molar-refractivity contribution in [2.45, 2.75) is 50.5 Å². The molecule has 0 radical (unpaired) electrons. The van der Waals surface area contributed by atoms with Gasteiger partial charge in [0.25, 0.3) is 0 Å². The molecule has 1 aromatic rings. The molecule has 1 N–H and O–H groups in total. The summed E-state index contributed by atoms with van der Waals surface area (Å²) in [7, 11) is 2.16. The maximum atomic E-state index is 3.65. The quantitative estimate of drug-likeness (QED) is 0.847. The number of benzene rings is 1. The largest absolute Gasteiger partial charge is 0.313 e. The van der Waals surface area contributed by atoms with Crippen LogP contribution in [0.25, 0.3) is 0 Å². The molecule has 3 aliphatic carbocycles. The summed E-state index contributed by atoms with van der Waals surface area (Å²) >= 11 is 0. The van der Waals surface area contributed by atoms with Crippen molar-refractivity contribution in [2.75, 3.05) is 7.05 Å². The van der Waals surface area contributed by atoms with Crippen LogP contribution in [-0.2, 0) is 0 Å². The van der Waals surface area contributed by atoms with Crippen molar-refractivity contribution in [1.82, 2.24) is 5.32 Å². The number of nitrogens with one attached hydrogen (secondary N) is 1. The zero-order chi connectivity index (χ0) is 12.8. The van der Waals surface area contributed by atoms with Gasteiger partial charge >= 0.3 is 0 Å². The van der Waals surface area contributed by atoms with Crippen molar-refractivity contribution in [1.29, 1.82) is 0 Å². The van der Waals surface area contributed by atoms with Crippen LogP contribution in [0.5, 0.6) is 0 Å². The Morgan fingerprint density at radius 3 is 2.32 bits per heavy atom. The molecule has 102 valence electrons. The molecule has 3 aliphatic rings. The van der Waals surface area contributed by atoms with E-state index in [1.807, 2.05) is 0 Å². The van der Waals surface area contributed by atoms with Gasteiger partial charge in [-0.25, -0.2) is 0 Å². The summed E-state index contributed by atoms with van der Waals surface area (Å²) in [6, 6.07) is 9.87. The van der Waals surface area contributed by atoms with E-state index in [0.29, 0.717) is 6.04 Å². The van der Waals surface area contributed by atoms with Crippen molar-refractivity contribution in [3.05, 3.63) is 35.4 Å². The van der Waals surface area contributed by atoms with Gasteiger partial charge in [-0.1, -0.05) is 37.1 Å². The van der Waals surface area contributed by atoms with Gasteiger partial charge in [-0.05, 0) is 67.5 Å². The topological polar surface area (TPSA) is 12.0 Å². The lowest BCUT2D eigenvalue weighted by Crippen LogP contribution is -2.23. The van der Waals surface area contributed by atoms with Gasteiger partial charge in [0.15, 0.2) is 0 Å². The second kappa shape index (κ2) is 4.63. The van der Waals surface area contributed by atoms with Gasteiger partial charge in [-0.15, -0.1) is 0 Å². The zero-order valence-corrected chi connectivity index (χ0v) is 11.9. The summed E-state index contributed by atoms with van der Waals surface area (Å²) in [6.45, 7) is 0. The first kappa shape index (κ1) is 12.0. The molecule has 0 bridgehead atoms. The Hall–Kier alpha value is -0.820. The lowest BCUT2D eigenvalue weighted by Gasteiger charge is -2.31. The smallest absolute Gasteiger partial charge is 0.0354 e. The van der Waals surface area contributed by atoms with E-state index in [9.17, 15) is 0 Å².